The molecule has 1 aliphatic rings. The molecule has 0 aliphatic carbocycles. The van der Waals surface area contributed by atoms with Crippen molar-refractivity contribution in [2.75, 3.05) is 32.7 Å². The highest BCUT2D eigenvalue weighted by Crippen LogP contribution is 2.03. The standard InChI is InChI=1S/C12H18N4O2S/c17-11(15-4-2-10-14-6-9-19-10)12(18)16-7-1-3-13-5-8-16/h6,9,13H,1-5,7-8H2,(H,15,17). The average molecular weight is 282 g/mol. The van der Waals surface area contributed by atoms with Gasteiger partial charge in [0.05, 0.1) is 5.01 Å². The fraction of sp³-hybridized carbons (Fsp3) is 0.583. The fourth-order valence-electron chi connectivity index (χ4n) is 1.93. The van der Waals surface area contributed by atoms with Crippen LogP contribution < -0.4 is 10.6 Å². The van der Waals surface area contributed by atoms with Crippen LogP contribution in [0.4, 0.5) is 0 Å². The third-order valence-corrected chi connectivity index (χ3v) is 3.77. The molecule has 2 N–H and O–H groups in total. The molecule has 1 aromatic rings. The molecule has 7 heteroatoms. The summed E-state index contributed by atoms with van der Waals surface area (Å²) in [5.74, 6) is -0.943. The largest absolute Gasteiger partial charge is 0.347 e. The Labute approximate surface area is 116 Å². The van der Waals surface area contributed by atoms with Gasteiger partial charge in [-0.1, -0.05) is 0 Å². The third kappa shape index (κ3) is 4.29. The minimum absolute atomic E-state index is 0.428. The molecule has 0 saturated carbocycles. The molecule has 2 heterocycles. The van der Waals surface area contributed by atoms with Crippen molar-refractivity contribution >= 4 is 23.2 Å². The van der Waals surface area contributed by atoms with Gasteiger partial charge in [0, 0.05) is 44.2 Å². The lowest BCUT2D eigenvalue weighted by atomic mass is 10.3. The van der Waals surface area contributed by atoms with Crippen molar-refractivity contribution in [1.82, 2.24) is 20.5 Å². The molecule has 1 aromatic heterocycles. The lowest BCUT2D eigenvalue weighted by Gasteiger charge is -2.18. The lowest BCUT2D eigenvalue weighted by molar-refractivity contribution is -0.145. The highest BCUT2D eigenvalue weighted by Gasteiger charge is 2.21. The number of carbonyl (C=O) groups is 2. The van der Waals surface area contributed by atoms with Crippen molar-refractivity contribution in [3.8, 4) is 0 Å². The van der Waals surface area contributed by atoms with Crippen LogP contribution in [-0.4, -0.2) is 54.4 Å². The van der Waals surface area contributed by atoms with Crippen LogP contribution in [0.3, 0.4) is 0 Å². The van der Waals surface area contributed by atoms with E-state index in [9.17, 15) is 9.59 Å². The van der Waals surface area contributed by atoms with E-state index in [1.165, 1.54) is 0 Å². The van der Waals surface area contributed by atoms with Gasteiger partial charge in [-0.25, -0.2) is 4.98 Å². The maximum Gasteiger partial charge on any atom is 0.311 e. The van der Waals surface area contributed by atoms with Gasteiger partial charge in [0.15, 0.2) is 0 Å². The Hall–Kier alpha value is -1.47. The smallest absolute Gasteiger partial charge is 0.311 e. The van der Waals surface area contributed by atoms with Crippen LogP contribution in [0.25, 0.3) is 0 Å². The minimum Gasteiger partial charge on any atom is -0.347 e. The van der Waals surface area contributed by atoms with Crippen LogP contribution in [0.1, 0.15) is 11.4 Å². The first-order valence-corrected chi connectivity index (χ1v) is 7.31. The first-order valence-electron chi connectivity index (χ1n) is 6.43. The van der Waals surface area contributed by atoms with E-state index in [0.29, 0.717) is 26.1 Å². The van der Waals surface area contributed by atoms with Crippen molar-refractivity contribution in [1.29, 1.82) is 0 Å². The Kier molecular flexibility index (Phi) is 5.29. The quantitative estimate of drug-likeness (QED) is 0.742. The van der Waals surface area contributed by atoms with Gasteiger partial charge in [-0.2, -0.15) is 0 Å². The first-order chi connectivity index (χ1) is 9.27. The second-order valence-electron chi connectivity index (χ2n) is 4.33. The van der Waals surface area contributed by atoms with E-state index >= 15 is 0 Å². The molecule has 2 rings (SSSR count). The molecular weight excluding hydrogens is 264 g/mol. The first kappa shape index (κ1) is 14.0. The second kappa shape index (κ2) is 7.20. The number of nitrogens with zero attached hydrogens (tertiary/aromatic N) is 2. The summed E-state index contributed by atoms with van der Waals surface area (Å²) >= 11 is 1.55. The zero-order valence-corrected chi connectivity index (χ0v) is 11.5. The number of amides is 2. The summed E-state index contributed by atoms with van der Waals surface area (Å²) in [6, 6.07) is 0. The van der Waals surface area contributed by atoms with Crippen molar-refractivity contribution < 1.29 is 9.59 Å². The zero-order valence-electron chi connectivity index (χ0n) is 10.7. The van der Waals surface area contributed by atoms with Crippen molar-refractivity contribution in [3.05, 3.63) is 16.6 Å². The molecule has 0 atom stereocenters. The number of hydrogen-bond donors (Lipinski definition) is 2. The number of nitrogens with one attached hydrogen (secondary N) is 2. The Morgan fingerprint density at radius 1 is 1.42 bits per heavy atom. The molecule has 1 aliphatic heterocycles. The van der Waals surface area contributed by atoms with E-state index < -0.39 is 11.8 Å². The predicted molar refractivity (Wildman–Crippen MR) is 72.9 cm³/mol. The molecule has 1 saturated heterocycles. The summed E-state index contributed by atoms with van der Waals surface area (Å²) in [5, 5.41) is 8.71. The average Bonchev–Trinajstić information content (AvgIpc) is 2.78. The van der Waals surface area contributed by atoms with Gasteiger partial charge < -0.3 is 15.5 Å². The summed E-state index contributed by atoms with van der Waals surface area (Å²) < 4.78 is 0. The molecule has 19 heavy (non-hydrogen) atoms. The SMILES string of the molecule is O=C(NCCc1nccs1)C(=O)N1CCCNCC1. The molecule has 0 radical (unpaired) electrons. The summed E-state index contributed by atoms with van der Waals surface area (Å²) in [4.78, 5) is 29.4. The van der Waals surface area contributed by atoms with Crippen molar-refractivity contribution in [3.63, 3.8) is 0 Å². The highest BCUT2D eigenvalue weighted by molar-refractivity contribution is 7.09. The Morgan fingerprint density at radius 2 is 2.32 bits per heavy atom. The molecule has 0 unspecified atom stereocenters. The normalized spacial score (nSPS) is 15.9. The van der Waals surface area contributed by atoms with E-state index in [-0.39, 0.29) is 0 Å². The van der Waals surface area contributed by atoms with Crippen LogP contribution in [0, 0.1) is 0 Å². The van der Waals surface area contributed by atoms with E-state index in [0.717, 1.165) is 24.5 Å². The van der Waals surface area contributed by atoms with Crippen LogP contribution in [0.2, 0.25) is 0 Å². The monoisotopic (exact) mass is 282 g/mol. The van der Waals surface area contributed by atoms with E-state index in [2.05, 4.69) is 15.6 Å². The van der Waals surface area contributed by atoms with Crippen molar-refractivity contribution in [2.24, 2.45) is 0 Å². The van der Waals surface area contributed by atoms with E-state index in [1.54, 1.807) is 22.4 Å². The Balaban J connectivity index is 1.73. The maximum atomic E-state index is 11.9. The summed E-state index contributed by atoms with van der Waals surface area (Å²) in [6.45, 7) is 3.34. The second-order valence-corrected chi connectivity index (χ2v) is 5.31. The third-order valence-electron chi connectivity index (χ3n) is 2.93. The van der Waals surface area contributed by atoms with Gasteiger partial charge in [0.25, 0.3) is 0 Å². The number of carbonyl (C=O) groups excluding carboxylic acids is 2. The molecule has 1 fully saturated rings. The van der Waals surface area contributed by atoms with Gasteiger partial charge in [-0.3, -0.25) is 9.59 Å². The van der Waals surface area contributed by atoms with E-state index in [4.69, 9.17) is 0 Å². The van der Waals surface area contributed by atoms with Crippen LogP contribution in [0.15, 0.2) is 11.6 Å². The number of rotatable bonds is 3. The highest BCUT2D eigenvalue weighted by atomic mass is 32.1. The molecule has 104 valence electrons. The summed E-state index contributed by atoms with van der Waals surface area (Å²) in [5.41, 5.74) is 0. The number of hydrogen-bond acceptors (Lipinski definition) is 5. The molecule has 6 nitrogen and oxygen atoms in total. The number of thiazole rings is 1. The molecule has 0 bridgehead atoms. The van der Waals surface area contributed by atoms with Crippen LogP contribution in [0.5, 0.6) is 0 Å². The molecule has 0 aromatic carbocycles. The minimum atomic E-state index is -0.515. The maximum absolute atomic E-state index is 11.9. The van der Waals surface area contributed by atoms with Gasteiger partial charge in [-0.05, 0) is 13.0 Å². The van der Waals surface area contributed by atoms with Crippen LogP contribution in [-0.2, 0) is 16.0 Å². The van der Waals surface area contributed by atoms with Crippen molar-refractivity contribution in [2.45, 2.75) is 12.8 Å². The molecular formula is C12H18N4O2S. The lowest BCUT2D eigenvalue weighted by Crippen LogP contribution is -2.44. The topological polar surface area (TPSA) is 74.3 Å². The zero-order chi connectivity index (χ0) is 13.5. The van der Waals surface area contributed by atoms with Gasteiger partial charge >= 0.3 is 11.8 Å². The Morgan fingerprint density at radius 3 is 3.11 bits per heavy atom. The predicted octanol–water partition coefficient (Wildman–Crippen LogP) is -0.376. The molecule has 0 spiro atoms. The number of aromatic nitrogens is 1. The Bertz CT molecular complexity index is 413. The fourth-order valence-corrected chi connectivity index (χ4v) is 2.55. The summed E-state index contributed by atoms with van der Waals surface area (Å²) in [6.07, 6.45) is 3.29. The van der Waals surface area contributed by atoms with Gasteiger partial charge in [0.1, 0.15) is 0 Å². The van der Waals surface area contributed by atoms with E-state index in [1.807, 2.05) is 5.38 Å². The van der Waals surface area contributed by atoms with Crippen LogP contribution >= 0.6 is 11.3 Å². The van der Waals surface area contributed by atoms with Gasteiger partial charge in [0.2, 0.25) is 0 Å². The van der Waals surface area contributed by atoms with Gasteiger partial charge in [-0.15, -0.1) is 11.3 Å². The summed E-state index contributed by atoms with van der Waals surface area (Å²) in [7, 11) is 0. The molecule has 2 amide bonds.